The molecule has 2 nitrogen and oxygen atoms in total. The molecule has 1 amide bonds. The van der Waals surface area contributed by atoms with E-state index in [1.807, 2.05) is 11.0 Å². The van der Waals surface area contributed by atoms with Crippen molar-refractivity contribution in [3.05, 3.63) is 35.6 Å². The monoisotopic (exact) mass is 295 g/mol. The maximum atomic E-state index is 13.9. The summed E-state index contributed by atoms with van der Waals surface area (Å²) < 4.78 is 13.9. The predicted molar refractivity (Wildman–Crippen MR) is 82.1 cm³/mol. The zero-order valence-electron chi connectivity index (χ0n) is 12.0. The normalized spacial score (nSPS) is 18.5. The van der Waals surface area contributed by atoms with Crippen molar-refractivity contribution < 1.29 is 9.18 Å². The number of halogens is 1. The molecule has 1 aromatic rings. The number of carbonyl (C=O) groups excluding carboxylic acids is 1. The second kappa shape index (κ2) is 7.67. The SMILES string of the molecule is CCCCCCC(=O)N1CCS[C@@H]1c1ccccc1F. The van der Waals surface area contributed by atoms with Crippen molar-refractivity contribution in [2.75, 3.05) is 12.3 Å². The van der Waals surface area contributed by atoms with Gasteiger partial charge in [0.2, 0.25) is 5.91 Å². The molecule has 0 aliphatic carbocycles. The number of hydrogen-bond donors (Lipinski definition) is 0. The summed E-state index contributed by atoms with van der Waals surface area (Å²) in [5.74, 6) is 0.842. The van der Waals surface area contributed by atoms with Crippen molar-refractivity contribution in [3.63, 3.8) is 0 Å². The van der Waals surface area contributed by atoms with E-state index in [-0.39, 0.29) is 17.1 Å². The van der Waals surface area contributed by atoms with Gasteiger partial charge < -0.3 is 4.90 Å². The fourth-order valence-electron chi connectivity index (χ4n) is 2.51. The summed E-state index contributed by atoms with van der Waals surface area (Å²) in [5.41, 5.74) is 0.636. The van der Waals surface area contributed by atoms with E-state index in [0.29, 0.717) is 12.0 Å². The quantitative estimate of drug-likeness (QED) is 0.726. The maximum Gasteiger partial charge on any atom is 0.223 e. The van der Waals surface area contributed by atoms with Crippen LogP contribution in [-0.2, 0) is 4.79 Å². The van der Waals surface area contributed by atoms with Gasteiger partial charge in [0, 0.05) is 24.3 Å². The van der Waals surface area contributed by atoms with Crippen LogP contribution >= 0.6 is 11.8 Å². The molecular weight excluding hydrogens is 273 g/mol. The minimum Gasteiger partial charge on any atom is -0.326 e. The Labute approximate surface area is 124 Å². The Morgan fingerprint density at radius 3 is 2.90 bits per heavy atom. The number of rotatable bonds is 6. The molecule has 4 heteroatoms. The third kappa shape index (κ3) is 3.75. The van der Waals surface area contributed by atoms with E-state index in [1.165, 1.54) is 18.9 Å². The van der Waals surface area contributed by atoms with Gasteiger partial charge in [0.15, 0.2) is 0 Å². The van der Waals surface area contributed by atoms with Crippen molar-refractivity contribution in [1.29, 1.82) is 0 Å². The smallest absolute Gasteiger partial charge is 0.223 e. The number of benzene rings is 1. The highest BCUT2D eigenvalue weighted by Crippen LogP contribution is 2.39. The van der Waals surface area contributed by atoms with Crippen LogP contribution in [0.2, 0.25) is 0 Å². The lowest BCUT2D eigenvalue weighted by atomic mass is 10.1. The molecule has 0 N–H and O–H groups in total. The Bertz CT molecular complexity index is 452. The standard InChI is InChI=1S/C16H22FNOS/c1-2-3-4-5-10-15(19)18-11-12-20-16(18)13-8-6-7-9-14(13)17/h6-9,16H,2-5,10-12H2,1H3/t16-/m1/s1. The van der Waals surface area contributed by atoms with Crippen LogP contribution in [-0.4, -0.2) is 23.1 Å². The molecule has 0 saturated carbocycles. The summed E-state index contributed by atoms with van der Waals surface area (Å²) >= 11 is 1.65. The van der Waals surface area contributed by atoms with Crippen LogP contribution in [0.5, 0.6) is 0 Å². The summed E-state index contributed by atoms with van der Waals surface area (Å²) in [4.78, 5) is 14.1. The second-order valence-electron chi connectivity index (χ2n) is 5.14. The van der Waals surface area contributed by atoms with Crippen LogP contribution < -0.4 is 0 Å². The van der Waals surface area contributed by atoms with Gasteiger partial charge in [0.1, 0.15) is 11.2 Å². The van der Waals surface area contributed by atoms with Crippen LogP contribution in [0.3, 0.4) is 0 Å². The molecule has 1 aliphatic rings. The molecule has 0 unspecified atom stereocenters. The molecular formula is C16H22FNOS. The zero-order valence-corrected chi connectivity index (χ0v) is 12.8. The molecule has 1 aliphatic heterocycles. The van der Waals surface area contributed by atoms with Gasteiger partial charge in [-0.3, -0.25) is 4.79 Å². The van der Waals surface area contributed by atoms with Crippen molar-refractivity contribution in [1.82, 2.24) is 4.90 Å². The minimum absolute atomic E-state index is 0.144. The fourth-order valence-corrected chi connectivity index (χ4v) is 3.80. The third-order valence-corrected chi connectivity index (χ3v) is 4.87. The van der Waals surface area contributed by atoms with Gasteiger partial charge in [-0.2, -0.15) is 0 Å². The van der Waals surface area contributed by atoms with Crippen LogP contribution in [0.1, 0.15) is 50.0 Å². The maximum absolute atomic E-state index is 13.9. The first-order chi connectivity index (χ1) is 9.74. The first kappa shape index (κ1) is 15.4. The van der Waals surface area contributed by atoms with E-state index in [1.54, 1.807) is 23.9 Å². The van der Waals surface area contributed by atoms with Gasteiger partial charge >= 0.3 is 0 Å². The summed E-state index contributed by atoms with van der Waals surface area (Å²) in [7, 11) is 0. The zero-order chi connectivity index (χ0) is 14.4. The van der Waals surface area contributed by atoms with Gasteiger partial charge in [-0.1, -0.05) is 44.4 Å². The number of thioether (sulfide) groups is 1. The average Bonchev–Trinajstić information content (AvgIpc) is 2.93. The number of unbranched alkanes of at least 4 members (excludes halogenated alkanes) is 3. The van der Waals surface area contributed by atoms with E-state index in [2.05, 4.69) is 6.92 Å². The first-order valence-electron chi connectivity index (χ1n) is 7.39. The van der Waals surface area contributed by atoms with Crippen molar-refractivity contribution in [3.8, 4) is 0 Å². The summed E-state index contributed by atoms with van der Waals surface area (Å²) in [5, 5.41) is -0.144. The number of hydrogen-bond acceptors (Lipinski definition) is 2. The van der Waals surface area contributed by atoms with Gasteiger partial charge in [0.05, 0.1) is 0 Å². The van der Waals surface area contributed by atoms with Crippen LogP contribution in [0.4, 0.5) is 4.39 Å². The van der Waals surface area contributed by atoms with Crippen LogP contribution in [0, 0.1) is 5.82 Å². The predicted octanol–water partition coefficient (Wildman–Crippen LogP) is 4.37. The Balaban J connectivity index is 1.97. The van der Waals surface area contributed by atoms with Crippen molar-refractivity contribution in [2.45, 2.75) is 44.4 Å². The molecule has 0 radical (unpaired) electrons. The first-order valence-corrected chi connectivity index (χ1v) is 8.44. The highest BCUT2D eigenvalue weighted by molar-refractivity contribution is 7.99. The lowest BCUT2D eigenvalue weighted by Crippen LogP contribution is -2.30. The molecule has 110 valence electrons. The molecule has 1 atom stereocenters. The molecule has 0 bridgehead atoms. The Hall–Kier alpha value is -1.03. The van der Waals surface area contributed by atoms with Gasteiger partial charge in [-0.15, -0.1) is 11.8 Å². The van der Waals surface area contributed by atoms with Gasteiger partial charge in [-0.25, -0.2) is 4.39 Å². The average molecular weight is 295 g/mol. The van der Waals surface area contributed by atoms with Gasteiger partial charge in [0.25, 0.3) is 0 Å². The Morgan fingerprint density at radius 2 is 2.15 bits per heavy atom. The third-order valence-electron chi connectivity index (χ3n) is 3.63. The van der Waals surface area contributed by atoms with Crippen LogP contribution in [0.25, 0.3) is 0 Å². The van der Waals surface area contributed by atoms with Gasteiger partial charge in [-0.05, 0) is 12.5 Å². The van der Waals surface area contributed by atoms with Crippen molar-refractivity contribution >= 4 is 17.7 Å². The number of nitrogens with zero attached hydrogens (tertiary/aromatic N) is 1. The molecule has 2 rings (SSSR count). The highest BCUT2D eigenvalue weighted by atomic mass is 32.2. The Kier molecular flexibility index (Phi) is 5.89. The summed E-state index contributed by atoms with van der Waals surface area (Å²) in [6, 6.07) is 6.78. The van der Waals surface area contributed by atoms with E-state index in [9.17, 15) is 9.18 Å². The minimum atomic E-state index is -0.212. The lowest BCUT2D eigenvalue weighted by Gasteiger charge is -2.24. The highest BCUT2D eigenvalue weighted by Gasteiger charge is 2.31. The molecule has 1 saturated heterocycles. The molecule has 0 aromatic heterocycles. The van der Waals surface area contributed by atoms with E-state index < -0.39 is 0 Å². The number of amides is 1. The fraction of sp³-hybridized carbons (Fsp3) is 0.562. The summed E-state index contributed by atoms with van der Waals surface area (Å²) in [6.45, 7) is 2.89. The molecule has 20 heavy (non-hydrogen) atoms. The largest absolute Gasteiger partial charge is 0.326 e. The lowest BCUT2D eigenvalue weighted by molar-refractivity contribution is -0.131. The van der Waals surface area contributed by atoms with E-state index in [0.717, 1.165) is 25.1 Å². The van der Waals surface area contributed by atoms with E-state index in [4.69, 9.17) is 0 Å². The number of carbonyl (C=O) groups is 1. The van der Waals surface area contributed by atoms with Crippen molar-refractivity contribution in [2.24, 2.45) is 0 Å². The summed E-state index contributed by atoms with van der Waals surface area (Å²) in [6.07, 6.45) is 4.99. The molecule has 0 spiro atoms. The van der Waals surface area contributed by atoms with E-state index >= 15 is 0 Å². The Morgan fingerprint density at radius 1 is 1.35 bits per heavy atom. The molecule has 1 heterocycles. The molecule has 1 aromatic carbocycles. The molecule has 1 fully saturated rings. The topological polar surface area (TPSA) is 20.3 Å². The second-order valence-corrected chi connectivity index (χ2v) is 6.33. The van der Waals surface area contributed by atoms with Crippen LogP contribution in [0.15, 0.2) is 24.3 Å².